The van der Waals surface area contributed by atoms with Crippen LogP contribution in [0, 0.1) is 10.1 Å². The third-order valence-electron chi connectivity index (χ3n) is 3.83. The number of benzene rings is 2. The van der Waals surface area contributed by atoms with Crippen LogP contribution in [0.3, 0.4) is 0 Å². The maximum atomic E-state index is 12.4. The van der Waals surface area contributed by atoms with Crippen molar-refractivity contribution in [3.05, 3.63) is 64.2 Å². The van der Waals surface area contributed by atoms with Crippen molar-refractivity contribution in [3.8, 4) is 5.75 Å². The number of ether oxygens (including phenoxy) is 1. The highest BCUT2D eigenvalue weighted by atomic mass is 32.2. The summed E-state index contributed by atoms with van der Waals surface area (Å²) in [6, 6.07) is 11.9. The first-order valence-corrected chi connectivity index (χ1v) is 10.1. The van der Waals surface area contributed by atoms with Gasteiger partial charge in [0.1, 0.15) is 12.3 Å². The highest BCUT2D eigenvalue weighted by Gasteiger charge is 2.23. The molecule has 2 rings (SSSR count). The molecule has 0 heterocycles. The monoisotopic (exact) mass is 420 g/mol. The van der Waals surface area contributed by atoms with Gasteiger partial charge in [-0.2, -0.15) is 5.10 Å². The second-order valence-corrected chi connectivity index (χ2v) is 7.93. The molecule has 10 nitrogen and oxygen atoms in total. The van der Waals surface area contributed by atoms with Crippen molar-refractivity contribution in [1.29, 1.82) is 0 Å². The van der Waals surface area contributed by atoms with E-state index in [-0.39, 0.29) is 11.4 Å². The van der Waals surface area contributed by atoms with E-state index in [0.29, 0.717) is 17.0 Å². The molecule has 154 valence electrons. The minimum absolute atomic E-state index is 0.111. The molecule has 29 heavy (non-hydrogen) atoms. The molecule has 0 bridgehead atoms. The fourth-order valence-corrected chi connectivity index (χ4v) is 3.39. The SMILES string of the molecule is CCS(=O)(=O)N(CC(=O)N/N=C\c1cccc([N+](=O)[O-])c1)c1ccc(OC)cc1. The second-order valence-electron chi connectivity index (χ2n) is 5.75. The molecule has 2 aromatic rings. The molecule has 0 radical (unpaired) electrons. The molecule has 0 saturated carbocycles. The lowest BCUT2D eigenvalue weighted by atomic mass is 10.2. The van der Waals surface area contributed by atoms with E-state index >= 15 is 0 Å². The predicted octanol–water partition coefficient (Wildman–Crippen LogP) is 1.91. The van der Waals surface area contributed by atoms with Crippen LogP contribution in [-0.2, 0) is 14.8 Å². The van der Waals surface area contributed by atoms with Crippen LogP contribution in [0.5, 0.6) is 5.75 Å². The summed E-state index contributed by atoms with van der Waals surface area (Å²) in [7, 11) is -2.23. The Kier molecular flexibility index (Phi) is 7.26. The van der Waals surface area contributed by atoms with Gasteiger partial charge >= 0.3 is 0 Å². The number of carbonyl (C=O) groups excluding carboxylic acids is 1. The highest BCUT2D eigenvalue weighted by Crippen LogP contribution is 2.22. The number of sulfonamides is 1. The fourth-order valence-electron chi connectivity index (χ4n) is 2.32. The number of methoxy groups -OCH3 is 1. The number of nitrogens with one attached hydrogen (secondary N) is 1. The zero-order valence-corrected chi connectivity index (χ0v) is 16.6. The average molecular weight is 420 g/mol. The zero-order chi connectivity index (χ0) is 21.4. The number of carbonyl (C=O) groups is 1. The van der Waals surface area contributed by atoms with Crippen molar-refractivity contribution in [3.63, 3.8) is 0 Å². The van der Waals surface area contributed by atoms with Crippen molar-refractivity contribution in [2.24, 2.45) is 5.10 Å². The van der Waals surface area contributed by atoms with Crippen LogP contribution in [0.25, 0.3) is 0 Å². The number of hydrazone groups is 1. The maximum Gasteiger partial charge on any atom is 0.270 e. The average Bonchev–Trinajstić information content (AvgIpc) is 2.72. The summed E-state index contributed by atoms with van der Waals surface area (Å²) in [6.45, 7) is 0.999. The highest BCUT2D eigenvalue weighted by molar-refractivity contribution is 7.92. The number of nitrogens with zero attached hydrogens (tertiary/aromatic N) is 3. The lowest BCUT2D eigenvalue weighted by molar-refractivity contribution is -0.384. The maximum absolute atomic E-state index is 12.4. The fraction of sp³-hybridized carbons (Fsp3) is 0.222. The largest absolute Gasteiger partial charge is 0.497 e. The molecular formula is C18H20N4O6S. The molecule has 2 aromatic carbocycles. The van der Waals surface area contributed by atoms with Crippen molar-refractivity contribution >= 4 is 33.5 Å². The molecule has 0 aliphatic rings. The van der Waals surface area contributed by atoms with E-state index in [9.17, 15) is 23.3 Å². The lowest BCUT2D eigenvalue weighted by Crippen LogP contribution is -2.40. The molecule has 0 atom stereocenters. The Hall–Kier alpha value is -3.47. The van der Waals surface area contributed by atoms with E-state index in [1.165, 1.54) is 50.6 Å². The number of non-ortho nitro benzene ring substituents is 1. The molecule has 0 unspecified atom stereocenters. The Morgan fingerprint density at radius 1 is 1.28 bits per heavy atom. The third-order valence-corrected chi connectivity index (χ3v) is 5.57. The third kappa shape index (κ3) is 6.01. The van der Waals surface area contributed by atoms with E-state index in [4.69, 9.17) is 4.74 Å². The minimum atomic E-state index is -3.72. The van der Waals surface area contributed by atoms with E-state index in [0.717, 1.165) is 4.31 Å². The summed E-state index contributed by atoms with van der Waals surface area (Å²) in [4.78, 5) is 22.4. The summed E-state index contributed by atoms with van der Waals surface area (Å²) >= 11 is 0. The van der Waals surface area contributed by atoms with Crippen molar-refractivity contribution in [1.82, 2.24) is 5.43 Å². The quantitative estimate of drug-likeness (QED) is 0.374. The van der Waals surface area contributed by atoms with Crippen LogP contribution in [0.4, 0.5) is 11.4 Å². The summed E-state index contributed by atoms with van der Waals surface area (Å²) in [6.07, 6.45) is 1.23. The van der Waals surface area contributed by atoms with Gasteiger partial charge in [0.2, 0.25) is 10.0 Å². The molecule has 0 spiro atoms. The van der Waals surface area contributed by atoms with Gasteiger partial charge in [0.05, 0.1) is 29.7 Å². The van der Waals surface area contributed by atoms with E-state index in [1.54, 1.807) is 18.2 Å². The molecule has 11 heteroatoms. The number of nitro groups is 1. The first kappa shape index (κ1) is 21.8. The van der Waals surface area contributed by atoms with Crippen molar-refractivity contribution in [2.45, 2.75) is 6.92 Å². The van der Waals surface area contributed by atoms with Crippen molar-refractivity contribution in [2.75, 3.05) is 23.7 Å². The normalized spacial score (nSPS) is 11.2. The van der Waals surface area contributed by atoms with Gasteiger partial charge in [0.25, 0.3) is 11.6 Å². The molecule has 0 saturated heterocycles. The first-order valence-electron chi connectivity index (χ1n) is 8.47. The molecule has 0 aliphatic heterocycles. The van der Waals surface area contributed by atoms with Crippen LogP contribution in [0.1, 0.15) is 12.5 Å². The Bertz CT molecular complexity index is 1010. The number of nitro benzene ring substituents is 1. The smallest absolute Gasteiger partial charge is 0.270 e. The lowest BCUT2D eigenvalue weighted by Gasteiger charge is -2.23. The van der Waals surface area contributed by atoms with Crippen LogP contribution >= 0.6 is 0 Å². The van der Waals surface area contributed by atoms with Gasteiger partial charge in [-0.05, 0) is 31.2 Å². The zero-order valence-electron chi connectivity index (χ0n) is 15.8. The van der Waals surface area contributed by atoms with E-state index in [1.807, 2.05) is 0 Å². The van der Waals surface area contributed by atoms with Crippen LogP contribution < -0.4 is 14.5 Å². The van der Waals surface area contributed by atoms with Gasteiger partial charge in [-0.1, -0.05) is 12.1 Å². The van der Waals surface area contributed by atoms with Crippen LogP contribution in [0.2, 0.25) is 0 Å². The standard InChI is InChI=1S/C18H20N4O6S/c1-3-29(26,27)21(15-7-9-17(28-2)10-8-15)13-18(23)20-19-12-14-5-4-6-16(11-14)22(24)25/h4-12H,3,13H2,1-2H3,(H,20,23)/b19-12-. The van der Waals surface area contributed by atoms with Crippen LogP contribution in [0.15, 0.2) is 53.6 Å². The number of hydrogen-bond donors (Lipinski definition) is 1. The first-order chi connectivity index (χ1) is 13.8. The molecule has 1 amide bonds. The minimum Gasteiger partial charge on any atom is -0.497 e. The molecule has 0 aliphatic carbocycles. The van der Waals surface area contributed by atoms with Gasteiger partial charge in [-0.3, -0.25) is 19.2 Å². The van der Waals surface area contributed by atoms with Crippen LogP contribution in [-0.4, -0.2) is 44.9 Å². The topological polar surface area (TPSA) is 131 Å². The predicted molar refractivity (Wildman–Crippen MR) is 109 cm³/mol. The van der Waals surface area contributed by atoms with E-state index in [2.05, 4.69) is 10.5 Å². The summed E-state index contributed by atoms with van der Waals surface area (Å²) < 4.78 is 30.8. The van der Waals surface area contributed by atoms with E-state index < -0.39 is 27.4 Å². The molecule has 1 N–H and O–H groups in total. The summed E-state index contributed by atoms with van der Waals surface area (Å²) in [5, 5.41) is 14.5. The Labute approximate surface area is 168 Å². The summed E-state index contributed by atoms with van der Waals surface area (Å²) in [5.41, 5.74) is 2.84. The van der Waals surface area contributed by atoms with Gasteiger partial charge in [-0.15, -0.1) is 0 Å². The number of rotatable bonds is 9. The number of hydrogen-bond acceptors (Lipinski definition) is 7. The Morgan fingerprint density at radius 2 is 1.97 bits per heavy atom. The van der Waals surface area contributed by atoms with Gasteiger partial charge in [0, 0.05) is 17.7 Å². The number of anilines is 1. The number of amides is 1. The van der Waals surface area contributed by atoms with Gasteiger partial charge in [0.15, 0.2) is 0 Å². The molecular weight excluding hydrogens is 400 g/mol. The molecule has 0 aromatic heterocycles. The second kappa shape index (κ2) is 9.64. The Balaban J connectivity index is 2.11. The Morgan fingerprint density at radius 3 is 2.55 bits per heavy atom. The van der Waals surface area contributed by atoms with Gasteiger partial charge in [-0.25, -0.2) is 13.8 Å². The summed E-state index contributed by atoms with van der Waals surface area (Å²) in [5.74, 6) is -0.309. The van der Waals surface area contributed by atoms with Gasteiger partial charge < -0.3 is 4.74 Å². The molecule has 0 fully saturated rings. The van der Waals surface area contributed by atoms with Crippen molar-refractivity contribution < 1.29 is 22.9 Å².